The smallest absolute Gasteiger partial charge is 0.246 e. The van der Waals surface area contributed by atoms with Gasteiger partial charge in [0.1, 0.15) is 11.5 Å². The van der Waals surface area contributed by atoms with Gasteiger partial charge in [0.15, 0.2) is 0 Å². The van der Waals surface area contributed by atoms with E-state index in [1.54, 1.807) is 29.4 Å². The lowest BCUT2D eigenvalue weighted by atomic mass is 10.2. The molecule has 1 amide bonds. The molecule has 2 aromatic carbocycles. The maximum atomic E-state index is 12.8. The number of likely N-dealkylation sites (N-methyl/N-ethyl adjacent to an activating group) is 1. The number of para-hydroxylation sites is 3. The van der Waals surface area contributed by atoms with Crippen LogP contribution in [-0.2, 0) is 11.3 Å². The predicted molar refractivity (Wildman–Crippen MR) is 128 cm³/mol. The van der Waals surface area contributed by atoms with Crippen molar-refractivity contribution in [3.8, 4) is 16.3 Å². The molecule has 32 heavy (non-hydrogen) atoms. The molecule has 7 heteroatoms. The van der Waals surface area contributed by atoms with Gasteiger partial charge in [-0.15, -0.1) is 11.3 Å². The maximum Gasteiger partial charge on any atom is 0.246 e. The summed E-state index contributed by atoms with van der Waals surface area (Å²) >= 11 is 1.63. The van der Waals surface area contributed by atoms with Crippen molar-refractivity contribution in [3.05, 3.63) is 95.8 Å². The van der Waals surface area contributed by atoms with Crippen LogP contribution in [0.5, 0.6) is 0 Å². The number of nitrogens with one attached hydrogen (secondary N) is 1. The van der Waals surface area contributed by atoms with E-state index in [2.05, 4.69) is 9.97 Å². The van der Waals surface area contributed by atoms with Gasteiger partial charge >= 0.3 is 0 Å². The van der Waals surface area contributed by atoms with Crippen molar-refractivity contribution in [1.29, 1.82) is 0 Å². The highest BCUT2D eigenvalue weighted by Crippen LogP contribution is 2.28. The zero-order valence-corrected chi connectivity index (χ0v) is 18.3. The minimum absolute atomic E-state index is 0.102. The Hall–Kier alpha value is -3.97. The van der Waals surface area contributed by atoms with Crippen LogP contribution >= 0.6 is 11.3 Å². The van der Waals surface area contributed by atoms with Gasteiger partial charge in [-0.2, -0.15) is 5.10 Å². The Morgan fingerprint density at radius 3 is 2.69 bits per heavy atom. The van der Waals surface area contributed by atoms with Crippen molar-refractivity contribution < 1.29 is 4.79 Å². The Morgan fingerprint density at radius 1 is 1.09 bits per heavy atom. The summed E-state index contributed by atoms with van der Waals surface area (Å²) < 4.78 is 1.84. The number of aromatic amines is 1. The van der Waals surface area contributed by atoms with Gasteiger partial charge in [-0.05, 0) is 41.8 Å². The van der Waals surface area contributed by atoms with Gasteiger partial charge < -0.3 is 9.88 Å². The normalized spacial score (nSPS) is 11.4. The molecule has 0 bridgehead atoms. The highest BCUT2D eigenvalue weighted by atomic mass is 32.1. The van der Waals surface area contributed by atoms with Crippen molar-refractivity contribution in [2.45, 2.75) is 6.54 Å². The molecule has 0 saturated carbocycles. The SMILES string of the molecule is CN(Cc1nc2ccccc2[nH]1)C(=O)/C=C/c1cn(-c2ccccc2)nc1-c1cccs1. The first kappa shape index (κ1) is 20.0. The quantitative estimate of drug-likeness (QED) is 0.372. The van der Waals surface area contributed by atoms with Gasteiger partial charge in [0, 0.05) is 24.9 Å². The van der Waals surface area contributed by atoms with Crippen molar-refractivity contribution in [2.24, 2.45) is 0 Å². The standard InChI is InChI=1S/C25H21N5OS/c1-29(17-23-26-20-10-5-6-11-21(20)27-23)24(31)14-13-18-16-30(19-8-3-2-4-9-19)28-25(18)22-12-7-15-32-22/h2-16H,17H2,1H3,(H,26,27)/b14-13+. The van der Waals surface area contributed by atoms with Crippen LogP contribution in [-0.4, -0.2) is 37.6 Å². The van der Waals surface area contributed by atoms with Crippen molar-refractivity contribution >= 4 is 34.4 Å². The number of hydrogen-bond donors (Lipinski definition) is 1. The van der Waals surface area contributed by atoms with Gasteiger partial charge in [-0.25, -0.2) is 9.67 Å². The zero-order chi connectivity index (χ0) is 21.9. The number of imidazole rings is 1. The summed E-state index contributed by atoms with van der Waals surface area (Å²) in [6, 6.07) is 21.8. The summed E-state index contributed by atoms with van der Waals surface area (Å²) in [5.41, 5.74) is 4.58. The number of nitrogens with zero attached hydrogens (tertiary/aromatic N) is 4. The molecule has 5 aromatic rings. The number of carbonyl (C=O) groups excluding carboxylic acids is 1. The van der Waals surface area contributed by atoms with E-state index in [9.17, 15) is 4.79 Å². The molecule has 0 atom stereocenters. The van der Waals surface area contributed by atoms with Gasteiger partial charge in [0.05, 0.1) is 28.1 Å². The fraction of sp³-hybridized carbons (Fsp3) is 0.0800. The van der Waals surface area contributed by atoms with E-state index in [0.29, 0.717) is 6.54 Å². The van der Waals surface area contributed by atoms with E-state index in [-0.39, 0.29) is 5.91 Å². The van der Waals surface area contributed by atoms with Gasteiger partial charge in [0.25, 0.3) is 0 Å². The number of aromatic nitrogens is 4. The van der Waals surface area contributed by atoms with Crippen LogP contribution in [0.1, 0.15) is 11.4 Å². The Kier molecular flexibility index (Phi) is 5.39. The molecule has 0 aliphatic carbocycles. The summed E-state index contributed by atoms with van der Waals surface area (Å²) in [6.45, 7) is 0.402. The fourth-order valence-electron chi connectivity index (χ4n) is 3.50. The number of rotatable bonds is 6. The van der Waals surface area contributed by atoms with Crippen LogP contribution < -0.4 is 0 Å². The van der Waals surface area contributed by atoms with Crippen LogP contribution in [0.15, 0.2) is 84.4 Å². The molecule has 0 radical (unpaired) electrons. The van der Waals surface area contributed by atoms with E-state index in [1.807, 2.05) is 89.1 Å². The summed E-state index contributed by atoms with van der Waals surface area (Å²) in [7, 11) is 1.77. The lowest BCUT2D eigenvalue weighted by Gasteiger charge is -2.12. The van der Waals surface area contributed by atoms with E-state index < -0.39 is 0 Å². The highest BCUT2D eigenvalue weighted by molar-refractivity contribution is 7.13. The first-order valence-corrected chi connectivity index (χ1v) is 11.1. The molecular formula is C25H21N5OS. The zero-order valence-electron chi connectivity index (χ0n) is 17.5. The maximum absolute atomic E-state index is 12.8. The highest BCUT2D eigenvalue weighted by Gasteiger charge is 2.13. The molecule has 3 heterocycles. The second-order valence-electron chi connectivity index (χ2n) is 7.42. The first-order chi connectivity index (χ1) is 15.7. The Morgan fingerprint density at radius 2 is 1.91 bits per heavy atom. The molecule has 0 aliphatic rings. The number of hydrogen-bond acceptors (Lipinski definition) is 4. The molecule has 5 rings (SSSR count). The molecule has 0 aliphatic heterocycles. The Labute approximate surface area is 189 Å². The summed E-state index contributed by atoms with van der Waals surface area (Å²) in [6.07, 6.45) is 5.37. The molecule has 0 spiro atoms. The van der Waals surface area contributed by atoms with E-state index in [0.717, 1.165) is 38.7 Å². The molecule has 1 N–H and O–H groups in total. The largest absolute Gasteiger partial charge is 0.340 e. The molecule has 6 nitrogen and oxygen atoms in total. The summed E-state index contributed by atoms with van der Waals surface area (Å²) in [4.78, 5) is 23.3. The number of carbonyl (C=O) groups is 1. The lowest BCUT2D eigenvalue weighted by molar-refractivity contribution is -0.125. The number of benzene rings is 2. The minimum Gasteiger partial charge on any atom is -0.340 e. The number of H-pyrrole nitrogens is 1. The average Bonchev–Trinajstić information content (AvgIpc) is 3.56. The molecule has 0 unspecified atom stereocenters. The Balaban J connectivity index is 1.37. The number of thiophene rings is 1. The topological polar surface area (TPSA) is 66.8 Å². The second kappa shape index (κ2) is 8.64. The first-order valence-electron chi connectivity index (χ1n) is 10.2. The van der Waals surface area contributed by atoms with Crippen molar-refractivity contribution in [3.63, 3.8) is 0 Å². The molecule has 0 fully saturated rings. The van der Waals surface area contributed by atoms with Crippen LogP contribution in [0.3, 0.4) is 0 Å². The van der Waals surface area contributed by atoms with E-state index in [1.165, 1.54) is 0 Å². The predicted octanol–water partition coefficient (Wildman–Crippen LogP) is 5.15. The molecule has 3 aromatic heterocycles. The number of amides is 1. The molecule has 0 saturated heterocycles. The van der Waals surface area contributed by atoms with Gasteiger partial charge in [0.2, 0.25) is 5.91 Å². The molecular weight excluding hydrogens is 418 g/mol. The third kappa shape index (κ3) is 4.10. The van der Waals surface area contributed by atoms with Gasteiger partial charge in [-0.3, -0.25) is 4.79 Å². The summed E-state index contributed by atoms with van der Waals surface area (Å²) in [5, 5.41) is 6.80. The lowest BCUT2D eigenvalue weighted by Crippen LogP contribution is -2.24. The fourth-order valence-corrected chi connectivity index (χ4v) is 4.23. The second-order valence-corrected chi connectivity index (χ2v) is 8.37. The third-order valence-corrected chi connectivity index (χ3v) is 6.00. The average molecular weight is 440 g/mol. The van der Waals surface area contributed by atoms with Crippen molar-refractivity contribution in [1.82, 2.24) is 24.6 Å². The van der Waals surface area contributed by atoms with Gasteiger partial charge in [-0.1, -0.05) is 36.4 Å². The van der Waals surface area contributed by atoms with Crippen LogP contribution in [0, 0.1) is 0 Å². The van der Waals surface area contributed by atoms with Crippen LogP contribution in [0.25, 0.3) is 33.4 Å². The third-order valence-electron chi connectivity index (χ3n) is 5.12. The van der Waals surface area contributed by atoms with E-state index in [4.69, 9.17) is 5.10 Å². The molecule has 158 valence electrons. The minimum atomic E-state index is -0.102. The van der Waals surface area contributed by atoms with Crippen molar-refractivity contribution in [2.75, 3.05) is 7.05 Å². The van der Waals surface area contributed by atoms with Crippen LogP contribution in [0.4, 0.5) is 0 Å². The summed E-state index contributed by atoms with van der Waals surface area (Å²) in [5.74, 6) is 0.654. The van der Waals surface area contributed by atoms with Crippen LogP contribution in [0.2, 0.25) is 0 Å². The van der Waals surface area contributed by atoms with E-state index >= 15 is 0 Å². The Bertz CT molecular complexity index is 1350. The monoisotopic (exact) mass is 439 g/mol. The number of fused-ring (bicyclic) bond motifs is 1.